The molecule has 0 radical (unpaired) electrons. The van der Waals surface area contributed by atoms with E-state index in [0.717, 1.165) is 11.9 Å². The SMILES string of the molecule is CC(/C=N/N=C(N(C)C)N(C)C)=N/N=C(N(C)C)N(C)C.I. The first kappa shape index (κ1) is 22.9. The van der Waals surface area contributed by atoms with Crippen LogP contribution < -0.4 is 0 Å². The predicted octanol–water partition coefficient (Wildman–Crippen LogP) is 0.925. The Morgan fingerprint density at radius 3 is 1.36 bits per heavy atom. The standard InChI is InChI=1S/C13H28N8.HI/c1-11(15-17-13(20(6)7)21(8)9)10-14-16-12(18(2)3)19(4)5;/h10H,1-9H3;1H/b14-10+,15-11-;. The summed E-state index contributed by atoms with van der Waals surface area (Å²) in [4.78, 5) is 7.56. The van der Waals surface area contributed by atoms with Gasteiger partial charge in [-0.05, 0) is 6.92 Å². The molecule has 0 saturated carbocycles. The Kier molecular flexibility index (Phi) is 11.7. The minimum absolute atomic E-state index is 0. The molecule has 0 aromatic rings. The van der Waals surface area contributed by atoms with Crippen LogP contribution in [-0.2, 0) is 0 Å². The molecule has 0 amide bonds. The van der Waals surface area contributed by atoms with Crippen molar-refractivity contribution in [2.75, 3.05) is 56.4 Å². The lowest BCUT2D eigenvalue weighted by atomic mass is 10.5. The van der Waals surface area contributed by atoms with Gasteiger partial charge in [-0.15, -0.1) is 34.2 Å². The van der Waals surface area contributed by atoms with Gasteiger partial charge in [0.05, 0.1) is 11.9 Å². The van der Waals surface area contributed by atoms with E-state index in [2.05, 4.69) is 20.4 Å². The molecule has 22 heavy (non-hydrogen) atoms. The van der Waals surface area contributed by atoms with Crippen molar-refractivity contribution in [3.8, 4) is 0 Å². The highest BCUT2D eigenvalue weighted by Gasteiger charge is 2.04. The van der Waals surface area contributed by atoms with Crippen molar-refractivity contribution in [2.24, 2.45) is 20.4 Å². The van der Waals surface area contributed by atoms with Gasteiger partial charge in [-0.3, -0.25) is 0 Å². The van der Waals surface area contributed by atoms with Gasteiger partial charge in [0.15, 0.2) is 0 Å². The molecule has 0 aliphatic carbocycles. The van der Waals surface area contributed by atoms with E-state index in [4.69, 9.17) is 0 Å². The average molecular weight is 424 g/mol. The summed E-state index contributed by atoms with van der Waals surface area (Å²) in [6, 6.07) is 0. The Bertz CT molecular complexity index is 415. The number of rotatable bonds is 3. The summed E-state index contributed by atoms with van der Waals surface area (Å²) in [6.45, 7) is 1.83. The van der Waals surface area contributed by atoms with Gasteiger partial charge in [-0.25, -0.2) is 0 Å². The van der Waals surface area contributed by atoms with E-state index in [1.54, 1.807) is 6.21 Å². The van der Waals surface area contributed by atoms with Crippen molar-refractivity contribution in [1.29, 1.82) is 0 Å². The third-order valence-electron chi connectivity index (χ3n) is 2.29. The molecule has 0 rings (SSSR count). The van der Waals surface area contributed by atoms with Gasteiger partial charge >= 0.3 is 0 Å². The summed E-state index contributed by atoms with van der Waals surface area (Å²) in [7, 11) is 15.3. The molecule has 9 heteroatoms. The summed E-state index contributed by atoms with van der Waals surface area (Å²) in [5.74, 6) is 1.51. The van der Waals surface area contributed by atoms with Crippen LogP contribution in [0.15, 0.2) is 20.4 Å². The Labute approximate surface area is 151 Å². The van der Waals surface area contributed by atoms with Crippen LogP contribution in [0.2, 0.25) is 0 Å². The van der Waals surface area contributed by atoms with E-state index in [0.29, 0.717) is 5.71 Å². The van der Waals surface area contributed by atoms with Crippen LogP contribution >= 0.6 is 24.0 Å². The van der Waals surface area contributed by atoms with Crippen molar-refractivity contribution in [3.63, 3.8) is 0 Å². The fourth-order valence-electron chi connectivity index (χ4n) is 1.47. The molecule has 8 nitrogen and oxygen atoms in total. The number of halogens is 1. The molecule has 0 saturated heterocycles. The molecule has 0 aliphatic heterocycles. The van der Waals surface area contributed by atoms with Crippen LogP contribution in [0.4, 0.5) is 0 Å². The molecule has 128 valence electrons. The lowest BCUT2D eigenvalue weighted by molar-refractivity contribution is 0.480. The van der Waals surface area contributed by atoms with Crippen molar-refractivity contribution in [3.05, 3.63) is 0 Å². The zero-order chi connectivity index (χ0) is 16.6. The van der Waals surface area contributed by atoms with Gasteiger partial charge in [0.2, 0.25) is 11.9 Å². The third kappa shape index (κ3) is 8.80. The first-order valence-electron chi connectivity index (χ1n) is 6.59. The van der Waals surface area contributed by atoms with Crippen LogP contribution in [0.5, 0.6) is 0 Å². The van der Waals surface area contributed by atoms with E-state index < -0.39 is 0 Å². The van der Waals surface area contributed by atoms with E-state index in [1.807, 2.05) is 82.9 Å². The number of nitrogens with zero attached hydrogens (tertiary/aromatic N) is 8. The summed E-state index contributed by atoms with van der Waals surface area (Å²) in [6.07, 6.45) is 1.58. The molecule has 0 unspecified atom stereocenters. The molecule has 0 fully saturated rings. The second-order valence-electron chi connectivity index (χ2n) is 5.36. The second kappa shape index (κ2) is 11.2. The van der Waals surface area contributed by atoms with Gasteiger partial charge in [-0.2, -0.15) is 10.2 Å². The minimum Gasteiger partial charge on any atom is -0.347 e. The fourth-order valence-corrected chi connectivity index (χ4v) is 1.47. The van der Waals surface area contributed by atoms with Crippen molar-refractivity contribution < 1.29 is 0 Å². The lowest BCUT2D eigenvalue weighted by Gasteiger charge is -2.21. The van der Waals surface area contributed by atoms with Gasteiger partial charge in [-0.1, -0.05) is 0 Å². The Hall–Kier alpha value is -1.39. The quantitative estimate of drug-likeness (QED) is 0.293. The molecule has 0 atom stereocenters. The molecule has 0 spiro atoms. The molecule has 0 aliphatic rings. The van der Waals surface area contributed by atoms with Gasteiger partial charge in [0.25, 0.3) is 0 Å². The molecule has 0 heterocycles. The van der Waals surface area contributed by atoms with Crippen LogP contribution in [0.3, 0.4) is 0 Å². The highest BCUT2D eigenvalue weighted by Crippen LogP contribution is 1.92. The molecule has 0 N–H and O–H groups in total. The van der Waals surface area contributed by atoms with Crippen LogP contribution in [0.25, 0.3) is 0 Å². The van der Waals surface area contributed by atoms with E-state index in [-0.39, 0.29) is 24.0 Å². The minimum atomic E-state index is 0. The molecule has 0 bridgehead atoms. The van der Waals surface area contributed by atoms with Crippen LogP contribution in [0, 0.1) is 0 Å². The predicted molar refractivity (Wildman–Crippen MR) is 107 cm³/mol. The highest BCUT2D eigenvalue weighted by molar-refractivity contribution is 14.0. The number of hydrogen-bond acceptors (Lipinski definition) is 4. The fraction of sp³-hybridized carbons (Fsp3) is 0.692. The average Bonchev–Trinajstić information content (AvgIpc) is 2.32. The smallest absolute Gasteiger partial charge is 0.220 e. The monoisotopic (exact) mass is 424 g/mol. The van der Waals surface area contributed by atoms with E-state index in [1.165, 1.54) is 0 Å². The van der Waals surface area contributed by atoms with Gasteiger partial charge in [0, 0.05) is 56.4 Å². The zero-order valence-electron chi connectivity index (χ0n) is 15.1. The van der Waals surface area contributed by atoms with Gasteiger partial charge in [0.1, 0.15) is 0 Å². The third-order valence-corrected chi connectivity index (χ3v) is 2.29. The van der Waals surface area contributed by atoms with Crippen LogP contribution in [-0.4, -0.2) is 99.8 Å². The number of hydrogen-bond donors (Lipinski definition) is 0. The van der Waals surface area contributed by atoms with E-state index in [9.17, 15) is 0 Å². The lowest BCUT2D eigenvalue weighted by Crippen LogP contribution is -2.35. The Morgan fingerprint density at radius 1 is 0.636 bits per heavy atom. The largest absolute Gasteiger partial charge is 0.347 e. The maximum absolute atomic E-state index is 4.19. The molecular weight excluding hydrogens is 395 g/mol. The van der Waals surface area contributed by atoms with Crippen LogP contribution in [0.1, 0.15) is 6.92 Å². The topological polar surface area (TPSA) is 62.4 Å². The Morgan fingerprint density at radius 2 is 1.00 bits per heavy atom. The van der Waals surface area contributed by atoms with E-state index >= 15 is 0 Å². The normalized spacial score (nSPS) is 10.7. The van der Waals surface area contributed by atoms with Crippen molar-refractivity contribution >= 4 is 47.8 Å². The molecular formula is C13H29IN8. The highest BCUT2D eigenvalue weighted by atomic mass is 127. The maximum Gasteiger partial charge on any atom is 0.220 e. The molecule has 0 aromatic heterocycles. The van der Waals surface area contributed by atoms with Gasteiger partial charge < -0.3 is 19.6 Å². The maximum atomic E-state index is 4.19. The zero-order valence-corrected chi connectivity index (χ0v) is 17.4. The Balaban J connectivity index is 0. The summed E-state index contributed by atoms with van der Waals surface area (Å²) >= 11 is 0. The van der Waals surface area contributed by atoms with Crippen molar-refractivity contribution in [2.45, 2.75) is 6.92 Å². The summed E-state index contributed by atoms with van der Waals surface area (Å²) in [5.41, 5.74) is 0.678. The summed E-state index contributed by atoms with van der Waals surface area (Å²) < 4.78 is 0. The first-order chi connectivity index (χ1) is 9.66. The first-order valence-corrected chi connectivity index (χ1v) is 6.59. The number of guanidine groups is 2. The van der Waals surface area contributed by atoms with Crippen molar-refractivity contribution in [1.82, 2.24) is 19.6 Å². The summed E-state index contributed by atoms with van der Waals surface area (Å²) in [5, 5.41) is 16.5. The molecule has 0 aromatic carbocycles. The second-order valence-corrected chi connectivity index (χ2v) is 5.36.